The third-order valence-corrected chi connectivity index (χ3v) is 12.9. The average molecular weight is 501 g/mol. The Kier molecular flexibility index (Phi) is 8.74. The summed E-state index contributed by atoms with van der Waals surface area (Å²) < 4.78 is 12.0. The quantitative estimate of drug-likeness (QED) is 0.260. The predicted octanol–water partition coefficient (Wildman–Crippen LogP) is 5.61. The van der Waals surface area contributed by atoms with Gasteiger partial charge in [0.15, 0.2) is 0 Å². The number of aromatic amines is 1. The van der Waals surface area contributed by atoms with Crippen LogP contribution in [-0.2, 0) is 15.9 Å². The second kappa shape index (κ2) is 11.4. The van der Waals surface area contributed by atoms with Crippen LogP contribution in [0, 0.1) is 16.0 Å². The van der Waals surface area contributed by atoms with E-state index in [1.54, 1.807) is 12.1 Å². The van der Waals surface area contributed by atoms with Crippen LogP contribution in [0.1, 0.15) is 54.0 Å². The van der Waals surface area contributed by atoms with Gasteiger partial charge in [0.1, 0.15) is 20.2 Å². The standard InChI is InChI=1S/C26H40N4O4Si/c1-8-33-24-22(27-25(34-9-2)23(29-24)17(6)7)16-20-19-14-13-18(30(31)32)15-21(19)28-26(20)35(10-3,11-4)12-5/h13-15,17,22-23,28H,8-12,16H2,1-7H3/t22-,23+/m1/s1. The summed E-state index contributed by atoms with van der Waals surface area (Å²) in [7, 11) is -1.84. The average Bonchev–Trinajstić information content (AvgIpc) is 3.20. The molecule has 2 aromatic rings. The number of nitrogens with one attached hydrogen (secondary N) is 1. The van der Waals surface area contributed by atoms with Crippen LogP contribution in [-0.4, -0.2) is 55.1 Å². The van der Waals surface area contributed by atoms with Gasteiger partial charge in [-0.1, -0.05) is 52.8 Å². The molecule has 3 rings (SSSR count). The largest absolute Gasteiger partial charge is 0.480 e. The highest BCUT2D eigenvalue weighted by Gasteiger charge is 2.37. The zero-order valence-electron chi connectivity index (χ0n) is 22.2. The monoisotopic (exact) mass is 500 g/mol. The van der Waals surface area contributed by atoms with Crippen molar-refractivity contribution in [2.75, 3.05) is 13.2 Å². The normalized spacial score (nSPS) is 18.5. The second-order valence-corrected chi connectivity index (χ2v) is 14.7. The summed E-state index contributed by atoms with van der Waals surface area (Å²) in [5.41, 5.74) is 2.10. The summed E-state index contributed by atoms with van der Waals surface area (Å²) >= 11 is 0. The second-order valence-electron chi connectivity index (χ2n) is 9.52. The number of hydrogen-bond donors (Lipinski definition) is 1. The number of ether oxygens (including phenoxy) is 2. The minimum Gasteiger partial charge on any atom is -0.480 e. The highest BCUT2D eigenvalue weighted by atomic mass is 28.3. The molecule has 0 saturated carbocycles. The molecule has 2 heterocycles. The van der Waals surface area contributed by atoms with E-state index >= 15 is 0 Å². The van der Waals surface area contributed by atoms with E-state index in [2.05, 4.69) is 39.6 Å². The third-order valence-electron chi connectivity index (χ3n) is 7.36. The molecule has 0 bridgehead atoms. The first-order chi connectivity index (χ1) is 16.7. The maximum atomic E-state index is 11.5. The van der Waals surface area contributed by atoms with Crippen LogP contribution in [0.2, 0.25) is 18.1 Å². The number of rotatable bonds is 10. The van der Waals surface area contributed by atoms with Gasteiger partial charge in [0.2, 0.25) is 11.8 Å². The van der Waals surface area contributed by atoms with Crippen LogP contribution >= 0.6 is 0 Å². The lowest BCUT2D eigenvalue weighted by Crippen LogP contribution is -2.49. The fourth-order valence-electron chi connectivity index (χ4n) is 5.18. The van der Waals surface area contributed by atoms with Crippen molar-refractivity contribution in [2.24, 2.45) is 15.9 Å². The lowest BCUT2D eigenvalue weighted by atomic mass is 10.00. The maximum absolute atomic E-state index is 11.5. The maximum Gasteiger partial charge on any atom is 0.271 e. The van der Waals surface area contributed by atoms with Crippen LogP contribution in [0.4, 0.5) is 5.69 Å². The topological polar surface area (TPSA) is 102 Å². The summed E-state index contributed by atoms with van der Waals surface area (Å²) in [4.78, 5) is 24.8. The molecule has 0 spiro atoms. The summed E-state index contributed by atoms with van der Waals surface area (Å²) in [6.45, 7) is 16.0. The van der Waals surface area contributed by atoms with Gasteiger partial charge in [0.25, 0.3) is 5.69 Å². The number of fused-ring (bicyclic) bond motifs is 1. The molecule has 2 atom stereocenters. The molecule has 0 aliphatic carbocycles. The van der Waals surface area contributed by atoms with Crippen molar-refractivity contribution in [3.63, 3.8) is 0 Å². The highest BCUT2D eigenvalue weighted by Crippen LogP contribution is 2.30. The zero-order valence-corrected chi connectivity index (χ0v) is 23.2. The zero-order chi connectivity index (χ0) is 25.8. The number of hydrogen-bond acceptors (Lipinski definition) is 6. The molecule has 0 radical (unpaired) electrons. The lowest BCUT2D eigenvalue weighted by molar-refractivity contribution is -0.384. The third kappa shape index (κ3) is 5.29. The van der Waals surface area contributed by atoms with Crippen molar-refractivity contribution in [2.45, 2.75) is 85.1 Å². The van der Waals surface area contributed by atoms with Crippen molar-refractivity contribution in [1.82, 2.24) is 4.98 Å². The summed E-state index contributed by atoms with van der Waals surface area (Å²) in [5, 5.41) is 13.7. The van der Waals surface area contributed by atoms with E-state index in [0.717, 1.165) is 29.0 Å². The number of nitro groups is 1. The molecule has 1 aromatic carbocycles. The molecule has 1 aliphatic rings. The van der Waals surface area contributed by atoms with Gasteiger partial charge in [-0.3, -0.25) is 10.1 Å². The molecule has 9 heteroatoms. The number of nitro benzene ring substituents is 1. The molecule has 1 aliphatic heterocycles. The van der Waals surface area contributed by atoms with Crippen LogP contribution in [0.5, 0.6) is 0 Å². The van der Waals surface area contributed by atoms with Crippen LogP contribution < -0.4 is 5.32 Å². The number of H-pyrrole nitrogens is 1. The predicted molar refractivity (Wildman–Crippen MR) is 146 cm³/mol. The molecule has 0 amide bonds. The smallest absolute Gasteiger partial charge is 0.271 e. The first kappa shape index (κ1) is 26.9. The first-order valence-corrected chi connectivity index (χ1v) is 15.6. The van der Waals surface area contributed by atoms with Gasteiger partial charge >= 0.3 is 0 Å². The summed E-state index contributed by atoms with van der Waals surface area (Å²) in [5.74, 6) is 1.55. The van der Waals surface area contributed by atoms with Crippen LogP contribution in [0.15, 0.2) is 28.2 Å². The molecule has 0 saturated heterocycles. The number of nitrogens with zero attached hydrogens (tertiary/aromatic N) is 3. The molecule has 8 nitrogen and oxygen atoms in total. The SMILES string of the molecule is CCOC1=N[C@H](Cc2c([Si](CC)(CC)CC)[nH]c3cc([N+](=O)[O-])ccc23)C(OCC)=N[C@H]1C(C)C. The molecular weight excluding hydrogens is 460 g/mol. The van der Waals surface area contributed by atoms with Gasteiger partial charge in [-0.25, -0.2) is 9.98 Å². The van der Waals surface area contributed by atoms with Crippen molar-refractivity contribution < 1.29 is 14.4 Å². The van der Waals surface area contributed by atoms with E-state index in [9.17, 15) is 10.1 Å². The van der Waals surface area contributed by atoms with Crippen molar-refractivity contribution in [3.05, 3.63) is 33.9 Å². The molecule has 35 heavy (non-hydrogen) atoms. The van der Waals surface area contributed by atoms with Crippen LogP contribution in [0.3, 0.4) is 0 Å². The molecule has 192 valence electrons. The molecule has 0 fully saturated rings. The number of aliphatic imine (C=N–C) groups is 2. The van der Waals surface area contributed by atoms with Gasteiger partial charge in [0, 0.05) is 29.3 Å². The highest BCUT2D eigenvalue weighted by molar-refractivity contribution is 6.91. The van der Waals surface area contributed by atoms with Gasteiger partial charge < -0.3 is 14.5 Å². The minimum absolute atomic E-state index is 0.0966. The Hall–Kier alpha value is -2.68. The summed E-state index contributed by atoms with van der Waals surface area (Å²) in [6.07, 6.45) is 0.613. The number of aromatic nitrogens is 1. The van der Waals surface area contributed by atoms with E-state index < -0.39 is 8.07 Å². The van der Waals surface area contributed by atoms with E-state index in [0.29, 0.717) is 31.4 Å². The van der Waals surface area contributed by atoms with E-state index in [4.69, 9.17) is 19.5 Å². The molecule has 0 unspecified atom stereocenters. The first-order valence-electron chi connectivity index (χ1n) is 12.9. The Morgan fingerprint density at radius 3 is 2.20 bits per heavy atom. The number of non-ortho nitro benzene ring substituents is 1. The lowest BCUT2D eigenvalue weighted by Gasteiger charge is -2.31. The van der Waals surface area contributed by atoms with Gasteiger partial charge in [-0.15, -0.1) is 0 Å². The van der Waals surface area contributed by atoms with Crippen molar-refractivity contribution >= 4 is 41.8 Å². The Bertz CT molecular complexity index is 1100. The van der Waals surface area contributed by atoms with E-state index in [-0.39, 0.29) is 28.6 Å². The fourth-order valence-corrected chi connectivity index (χ4v) is 9.02. The Balaban J connectivity index is 2.19. The Morgan fingerprint density at radius 2 is 1.66 bits per heavy atom. The van der Waals surface area contributed by atoms with Crippen molar-refractivity contribution in [3.8, 4) is 0 Å². The molecule has 1 N–H and O–H groups in total. The number of benzene rings is 1. The fraction of sp³-hybridized carbons (Fsp3) is 0.615. The Morgan fingerprint density at radius 1 is 1.03 bits per heavy atom. The van der Waals surface area contributed by atoms with E-state index in [1.807, 2.05) is 19.9 Å². The molecular formula is C26H40N4O4Si. The van der Waals surface area contributed by atoms with Crippen LogP contribution in [0.25, 0.3) is 10.9 Å². The summed E-state index contributed by atoms with van der Waals surface area (Å²) in [6, 6.07) is 7.98. The van der Waals surface area contributed by atoms with Gasteiger partial charge in [0.05, 0.1) is 23.7 Å². The Labute approximate surface area is 209 Å². The molecule has 1 aromatic heterocycles. The van der Waals surface area contributed by atoms with Gasteiger partial charge in [-0.2, -0.15) is 0 Å². The minimum atomic E-state index is -1.84. The van der Waals surface area contributed by atoms with E-state index in [1.165, 1.54) is 10.9 Å². The van der Waals surface area contributed by atoms with Gasteiger partial charge in [-0.05, 0) is 31.4 Å². The van der Waals surface area contributed by atoms with Crippen molar-refractivity contribution in [1.29, 1.82) is 0 Å².